The molecule has 182 valence electrons. The molecule has 0 saturated carbocycles. The number of halogens is 1. The zero-order valence-electron chi connectivity index (χ0n) is 19.1. The Hall–Kier alpha value is -3.63. The average Bonchev–Trinajstić information content (AvgIpc) is 3.24. The zero-order valence-corrected chi connectivity index (χ0v) is 20.7. The number of ether oxygens (including phenoxy) is 2. The van der Waals surface area contributed by atoms with Crippen molar-refractivity contribution < 1.29 is 23.9 Å². The normalized spacial score (nSPS) is 10.5. The van der Waals surface area contributed by atoms with Crippen LogP contribution in [0, 0.1) is 0 Å². The van der Waals surface area contributed by atoms with E-state index in [1.54, 1.807) is 6.08 Å². The molecule has 3 aromatic rings. The highest BCUT2D eigenvalue weighted by Gasteiger charge is 2.17. The number of rotatable bonds is 10. The topological polar surface area (TPSA) is 112 Å². The van der Waals surface area contributed by atoms with Crippen LogP contribution < -0.4 is 5.32 Å². The van der Waals surface area contributed by atoms with Crippen molar-refractivity contribution in [2.24, 2.45) is 0 Å². The van der Waals surface area contributed by atoms with Crippen LogP contribution in [0.1, 0.15) is 32.1 Å². The fourth-order valence-electron chi connectivity index (χ4n) is 3.15. The smallest absolute Gasteiger partial charge is 0.337 e. The first-order chi connectivity index (χ1) is 16.8. The minimum Gasteiger partial charge on any atom is -0.465 e. The third-order valence-corrected chi connectivity index (χ3v) is 5.99. The van der Waals surface area contributed by atoms with Crippen LogP contribution in [0.4, 0.5) is 5.69 Å². The number of aromatic nitrogens is 3. The van der Waals surface area contributed by atoms with E-state index in [1.165, 1.54) is 44.2 Å². The highest BCUT2D eigenvalue weighted by Crippen LogP contribution is 2.21. The molecule has 11 heteroatoms. The largest absolute Gasteiger partial charge is 0.465 e. The van der Waals surface area contributed by atoms with Crippen LogP contribution in [0.15, 0.2) is 60.3 Å². The Morgan fingerprint density at radius 3 is 2.26 bits per heavy atom. The molecule has 1 aromatic heterocycles. The maximum atomic E-state index is 12.6. The summed E-state index contributed by atoms with van der Waals surface area (Å²) in [7, 11) is 2.45. The van der Waals surface area contributed by atoms with Gasteiger partial charge in [0.15, 0.2) is 5.16 Å². The van der Waals surface area contributed by atoms with Gasteiger partial charge in [-0.05, 0) is 35.9 Å². The number of carbonyl (C=O) groups is 3. The lowest BCUT2D eigenvalue weighted by molar-refractivity contribution is -0.113. The molecule has 1 amide bonds. The molecular weight excluding hydrogens is 492 g/mol. The van der Waals surface area contributed by atoms with E-state index in [2.05, 4.69) is 22.1 Å². The van der Waals surface area contributed by atoms with Crippen LogP contribution in [-0.2, 0) is 27.2 Å². The highest BCUT2D eigenvalue weighted by atomic mass is 35.5. The molecule has 0 spiro atoms. The van der Waals surface area contributed by atoms with Gasteiger partial charge in [0.1, 0.15) is 5.82 Å². The quantitative estimate of drug-likeness (QED) is 0.245. The van der Waals surface area contributed by atoms with Gasteiger partial charge in [-0.2, -0.15) is 0 Å². The third-order valence-electron chi connectivity index (χ3n) is 4.77. The van der Waals surface area contributed by atoms with Crippen molar-refractivity contribution in [1.29, 1.82) is 0 Å². The van der Waals surface area contributed by atoms with E-state index >= 15 is 0 Å². The lowest BCUT2D eigenvalue weighted by Gasteiger charge is -2.10. The Balaban J connectivity index is 1.72. The molecule has 0 aliphatic carbocycles. The van der Waals surface area contributed by atoms with Crippen LogP contribution >= 0.6 is 23.4 Å². The molecule has 0 unspecified atom stereocenters. The minimum atomic E-state index is -0.647. The fraction of sp³-hybridized carbons (Fsp3) is 0.208. The molecule has 0 bridgehead atoms. The van der Waals surface area contributed by atoms with Crippen molar-refractivity contribution in [2.75, 3.05) is 25.3 Å². The second-order valence-electron chi connectivity index (χ2n) is 7.22. The fourth-order valence-corrected chi connectivity index (χ4v) is 4.04. The van der Waals surface area contributed by atoms with Gasteiger partial charge in [-0.3, -0.25) is 4.79 Å². The van der Waals surface area contributed by atoms with Crippen LogP contribution in [-0.4, -0.2) is 52.6 Å². The third kappa shape index (κ3) is 6.93. The standard InChI is InChI=1S/C24H23ClN4O5S/c1-4-9-29-20(10-15-5-7-18(25)8-6-15)27-28-24(29)35-14-21(30)26-19-12-16(22(31)33-2)11-17(13-19)23(32)34-3/h4-8,11-13H,1,9-10,14H2,2-3H3,(H,26,30). The second kappa shape index (κ2) is 12.2. The molecule has 0 aliphatic heterocycles. The lowest BCUT2D eigenvalue weighted by atomic mass is 10.1. The monoisotopic (exact) mass is 514 g/mol. The predicted molar refractivity (Wildman–Crippen MR) is 133 cm³/mol. The van der Waals surface area contributed by atoms with Crippen molar-refractivity contribution in [1.82, 2.24) is 14.8 Å². The van der Waals surface area contributed by atoms with Crippen molar-refractivity contribution >= 4 is 46.9 Å². The molecule has 2 aromatic carbocycles. The molecule has 0 atom stereocenters. The molecule has 0 aliphatic rings. The second-order valence-corrected chi connectivity index (χ2v) is 8.60. The maximum absolute atomic E-state index is 12.6. The number of carbonyl (C=O) groups excluding carboxylic acids is 3. The molecule has 9 nitrogen and oxygen atoms in total. The van der Waals surface area contributed by atoms with Crippen LogP contribution in [0.5, 0.6) is 0 Å². The number of anilines is 1. The van der Waals surface area contributed by atoms with E-state index in [0.717, 1.165) is 11.4 Å². The van der Waals surface area contributed by atoms with Gasteiger partial charge in [-0.15, -0.1) is 16.8 Å². The molecule has 0 saturated heterocycles. The van der Waals surface area contributed by atoms with Crippen molar-refractivity contribution in [3.8, 4) is 0 Å². The number of nitrogens with zero attached hydrogens (tertiary/aromatic N) is 3. The zero-order chi connectivity index (χ0) is 25.4. The van der Waals surface area contributed by atoms with E-state index in [4.69, 9.17) is 21.1 Å². The number of hydrogen-bond acceptors (Lipinski definition) is 8. The van der Waals surface area contributed by atoms with Gasteiger partial charge in [0.25, 0.3) is 0 Å². The molecular formula is C24H23ClN4O5S. The summed E-state index contributed by atoms with van der Waals surface area (Å²) in [5.41, 5.74) is 1.50. The van der Waals surface area contributed by atoms with Crippen molar-refractivity contribution in [3.05, 3.63) is 82.7 Å². The number of nitrogens with one attached hydrogen (secondary N) is 1. The first-order valence-corrected chi connectivity index (χ1v) is 11.7. The van der Waals surface area contributed by atoms with Crippen molar-refractivity contribution in [2.45, 2.75) is 18.1 Å². The SMILES string of the molecule is C=CCn1c(Cc2ccc(Cl)cc2)nnc1SCC(=O)Nc1cc(C(=O)OC)cc(C(=O)OC)c1. The van der Waals surface area contributed by atoms with Crippen LogP contribution in [0.3, 0.4) is 0 Å². The Morgan fingerprint density at radius 1 is 1.06 bits per heavy atom. The molecule has 1 N–H and O–H groups in total. The summed E-state index contributed by atoms with van der Waals surface area (Å²) in [5.74, 6) is -0.909. The molecule has 1 heterocycles. The van der Waals surface area contributed by atoms with E-state index < -0.39 is 11.9 Å². The minimum absolute atomic E-state index is 0.0201. The molecule has 3 rings (SSSR count). The Labute approximate surface area is 211 Å². The van der Waals surface area contributed by atoms with Gasteiger partial charge in [-0.25, -0.2) is 9.59 Å². The van der Waals surface area contributed by atoms with Gasteiger partial charge >= 0.3 is 11.9 Å². The van der Waals surface area contributed by atoms with Gasteiger partial charge in [0.05, 0.1) is 31.1 Å². The first kappa shape index (κ1) is 26.0. The Morgan fingerprint density at radius 2 is 1.69 bits per heavy atom. The Bertz CT molecular complexity index is 1210. The summed E-state index contributed by atoms with van der Waals surface area (Å²) >= 11 is 7.16. The number of benzene rings is 2. The highest BCUT2D eigenvalue weighted by molar-refractivity contribution is 7.99. The van der Waals surface area contributed by atoms with Crippen LogP contribution in [0.2, 0.25) is 5.02 Å². The van der Waals surface area contributed by atoms with Gasteiger partial charge in [-0.1, -0.05) is 41.6 Å². The van der Waals surface area contributed by atoms with Crippen LogP contribution in [0.25, 0.3) is 0 Å². The maximum Gasteiger partial charge on any atom is 0.337 e. The summed E-state index contributed by atoms with van der Waals surface area (Å²) in [6, 6.07) is 11.6. The molecule has 0 radical (unpaired) electrons. The summed E-state index contributed by atoms with van der Waals surface area (Å²) in [4.78, 5) is 36.5. The van der Waals surface area contributed by atoms with E-state index in [-0.39, 0.29) is 28.5 Å². The van der Waals surface area contributed by atoms with Crippen molar-refractivity contribution in [3.63, 3.8) is 0 Å². The number of methoxy groups -OCH3 is 2. The molecule has 0 fully saturated rings. The predicted octanol–water partition coefficient (Wildman–Crippen LogP) is 4.01. The number of amides is 1. The summed E-state index contributed by atoms with van der Waals surface area (Å²) in [5, 5.41) is 12.4. The number of allylic oxidation sites excluding steroid dienone is 1. The van der Waals surface area contributed by atoms with E-state index in [1.807, 2.05) is 28.8 Å². The number of esters is 2. The lowest BCUT2D eigenvalue weighted by Crippen LogP contribution is -2.16. The van der Waals surface area contributed by atoms with E-state index in [0.29, 0.717) is 23.1 Å². The average molecular weight is 515 g/mol. The summed E-state index contributed by atoms with van der Waals surface area (Å²) in [6.07, 6.45) is 2.27. The number of thioether (sulfide) groups is 1. The molecule has 35 heavy (non-hydrogen) atoms. The van der Waals surface area contributed by atoms with E-state index in [9.17, 15) is 14.4 Å². The van der Waals surface area contributed by atoms with Gasteiger partial charge < -0.3 is 19.4 Å². The van der Waals surface area contributed by atoms with Gasteiger partial charge in [0, 0.05) is 23.7 Å². The summed E-state index contributed by atoms with van der Waals surface area (Å²) < 4.78 is 11.3. The Kier molecular flexibility index (Phi) is 9.04. The summed E-state index contributed by atoms with van der Waals surface area (Å²) in [6.45, 7) is 4.26. The first-order valence-electron chi connectivity index (χ1n) is 10.4. The van der Waals surface area contributed by atoms with Gasteiger partial charge in [0.2, 0.25) is 5.91 Å². The number of hydrogen-bond donors (Lipinski definition) is 1.